The first-order chi connectivity index (χ1) is 12.4. The highest BCUT2D eigenvalue weighted by Gasteiger charge is 2.34. The Morgan fingerprint density at radius 3 is 2.73 bits per heavy atom. The summed E-state index contributed by atoms with van der Waals surface area (Å²) in [5.41, 5.74) is -1.23. The number of halogens is 3. The summed E-state index contributed by atoms with van der Waals surface area (Å²) in [4.78, 5) is 4.42. The molecule has 1 aromatic carbocycles. The highest BCUT2D eigenvalue weighted by molar-refractivity contribution is 5.47. The van der Waals surface area contributed by atoms with Gasteiger partial charge in [0.15, 0.2) is 5.82 Å². The van der Waals surface area contributed by atoms with Gasteiger partial charge in [0, 0.05) is 13.1 Å². The molecule has 138 valence electrons. The van der Waals surface area contributed by atoms with Crippen LogP contribution in [0.25, 0.3) is 5.69 Å². The number of hydrogen-bond acceptors (Lipinski definition) is 6. The maximum atomic E-state index is 13.2. The highest BCUT2D eigenvalue weighted by atomic mass is 19.4. The molecular weight excluding hydrogens is 347 g/mol. The predicted molar refractivity (Wildman–Crippen MR) is 86.3 cm³/mol. The van der Waals surface area contributed by atoms with E-state index in [1.165, 1.54) is 10.7 Å². The topological polar surface area (TPSA) is 73.9 Å². The zero-order valence-electron chi connectivity index (χ0n) is 14.2. The third-order valence-electron chi connectivity index (χ3n) is 4.38. The van der Waals surface area contributed by atoms with Gasteiger partial charge in [0.2, 0.25) is 0 Å². The standard InChI is InChI=1S/C16H18F3N7/c1-24-5-2-6-25(8-7-24)11-15-21-22-23-26(15)13-4-3-12(10-20)14(9-13)16(17,18)19/h3-4,9H,2,5-8,11H2,1H3. The fraction of sp³-hybridized carbons (Fsp3) is 0.500. The van der Waals surface area contributed by atoms with Crippen LogP contribution in [0.3, 0.4) is 0 Å². The van der Waals surface area contributed by atoms with Gasteiger partial charge in [-0.05, 0) is 55.2 Å². The van der Waals surface area contributed by atoms with Crippen molar-refractivity contribution in [1.82, 2.24) is 30.0 Å². The normalized spacial score (nSPS) is 17.0. The van der Waals surface area contributed by atoms with Crippen LogP contribution in [0.2, 0.25) is 0 Å². The molecule has 1 aliphatic heterocycles. The lowest BCUT2D eigenvalue weighted by Gasteiger charge is -2.19. The van der Waals surface area contributed by atoms with Crippen molar-refractivity contribution in [3.05, 3.63) is 35.2 Å². The smallest absolute Gasteiger partial charge is 0.305 e. The van der Waals surface area contributed by atoms with Crippen LogP contribution in [0.5, 0.6) is 0 Å². The minimum Gasteiger partial charge on any atom is -0.305 e. The molecule has 0 bridgehead atoms. The number of hydrogen-bond donors (Lipinski definition) is 0. The van der Waals surface area contributed by atoms with E-state index >= 15 is 0 Å². The van der Waals surface area contributed by atoms with Gasteiger partial charge in [-0.3, -0.25) is 4.90 Å². The Morgan fingerprint density at radius 2 is 2.00 bits per heavy atom. The molecule has 0 aliphatic carbocycles. The van der Waals surface area contributed by atoms with Gasteiger partial charge in [-0.15, -0.1) is 5.10 Å². The molecule has 2 aromatic rings. The van der Waals surface area contributed by atoms with Gasteiger partial charge in [-0.1, -0.05) is 0 Å². The van der Waals surface area contributed by atoms with Crippen molar-refractivity contribution < 1.29 is 13.2 Å². The summed E-state index contributed by atoms with van der Waals surface area (Å²) in [5, 5.41) is 20.3. The molecule has 0 spiro atoms. The van der Waals surface area contributed by atoms with Gasteiger partial charge < -0.3 is 4.90 Å². The van der Waals surface area contributed by atoms with E-state index < -0.39 is 17.3 Å². The number of nitrogens with zero attached hydrogens (tertiary/aromatic N) is 7. The van der Waals surface area contributed by atoms with Crippen molar-refractivity contribution in [3.8, 4) is 11.8 Å². The lowest BCUT2D eigenvalue weighted by Crippen LogP contribution is -2.29. The summed E-state index contributed by atoms with van der Waals surface area (Å²) >= 11 is 0. The van der Waals surface area contributed by atoms with E-state index in [4.69, 9.17) is 5.26 Å². The Kier molecular flexibility index (Phi) is 5.20. The van der Waals surface area contributed by atoms with Crippen LogP contribution < -0.4 is 0 Å². The summed E-state index contributed by atoms with van der Waals surface area (Å²) in [6.45, 7) is 4.08. The summed E-state index contributed by atoms with van der Waals surface area (Å²) in [6.07, 6.45) is -3.61. The van der Waals surface area contributed by atoms with Gasteiger partial charge in [0.05, 0.1) is 29.4 Å². The quantitative estimate of drug-likeness (QED) is 0.824. The van der Waals surface area contributed by atoms with Gasteiger partial charge in [-0.2, -0.15) is 23.1 Å². The summed E-state index contributed by atoms with van der Waals surface area (Å²) in [7, 11) is 2.06. The number of benzene rings is 1. The van der Waals surface area contributed by atoms with Crippen molar-refractivity contribution >= 4 is 0 Å². The highest BCUT2D eigenvalue weighted by Crippen LogP contribution is 2.33. The Hall–Kier alpha value is -2.51. The SMILES string of the molecule is CN1CCCN(Cc2nnnn2-c2ccc(C#N)c(C(F)(F)F)c2)CC1. The first-order valence-electron chi connectivity index (χ1n) is 8.18. The van der Waals surface area contributed by atoms with Crippen LogP contribution in [-0.2, 0) is 12.7 Å². The molecule has 0 saturated carbocycles. The molecule has 0 N–H and O–H groups in total. The Balaban J connectivity index is 1.88. The molecule has 1 saturated heterocycles. The molecule has 1 aliphatic rings. The fourth-order valence-electron chi connectivity index (χ4n) is 2.96. The average Bonchev–Trinajstić information content (AvgIpc) is 2.96. The first-order valence-corrected chi connectivity index (χ1v) is 8.18. The first kappa shape index (κ1) is 18.3. The lowest BCUT2D eigenvalue weighted by molar-refractivity contribution is -0.137. The summed E-state index contributed by atoms with van der Waals surface area (Å²) in [5.74, 6) is 0.465. The molecule has 7 nitrogen and oxygen atoms in total. The van der Waals surface area contributed by atoms with Crippen molar-refractivity contribution in [2.45, 2.75) is 19.1 Å². The zero-order chi connectivity index (χ0) is 18.7. The van der Waals surface area contributed by atoms with Crippen LogP contribution in [0, 0.1) is 11.3 Å². The zero-order valence-corrected chi connectivity index (χ0v) is 14.2. The van der Waals surface area contributed by atoms with Gasteiger partial charge in [0.25, 0.3) is 0 Å². The minimum absolute atomic E-state index is 0.184. The number of alkyl halides is 3. The van der Waals surface area contributed by atoms with Crippen LogP contribution in [0.1, 0.15) is 23.4 Å². The molecule has 0 radical (unpaired) electrons. The van der Waals surface area contributed by atoms with E-state index in [-0.39, 0.29) is 5.69 Å². The molecule has 2 heterocycles. The molecule has 1 fully saturated rings. The van der Waals surface area contributed by atoms with E-state index in [1.807, 2.05) is 0 Å². The van der Waals surface area contributed by atoms with E-state index in [0.717, 1.165) is 44.7 Å². The second-order valence-electron chi connectivity index (χ2n) is 6.28. The number of nitriles is 1. The minimum atomic E-state index is -4.62. The number of tetrazole rings is 1. The fourth-order valence-corrected chi connectivity index (χ4v) is 2.96. The van der Waals surface area contributed by atoms with E-state index in [1.54, 1.807) is 6.07 Å². The second kappa shape index (κ2) is 7.39. The Labute approximate surface area is 148 Å². The molecule has 1 aromatic heterocycles. The third kappa shape index (κ3) is 4.00. The molecule has 3 rings (SSSR count). The van der Waals surface area contributed by atoms with Crippen molar-refractivity contribution in [3.63, 3.8) is 0 Å². The Bertz CT molecular complexity index is 809. The third-order valence-corrected chi connectivity index (χ3v) is 4.38. The molecule has 0 unspecified atom stereocenters. The maximum absolute atomic E-state index is 13.2. The average molecular weight is 365 g/mol. The second-order valence-corrected chi connectivity index (χ2v) is 6.28. The van der Waals surface area contributed by atoms with Crippen molar-refractivity contribution in [1.29, 1.82) is 5.26 Å². The predicted octanol–water partition coefficient (Wildman–Crippen LogP) is 1.69. The van der Waals surface area contributed by atoms with E-state index in [0.29, 0.717) is 12.4 Å². The summed E-state index contributed by atoms with van der Waals surface area (Å²) in [6, 6.07) is 5.05. The Morgan fingerprint density at radius 1 is 1.19 bits per heavy atom. The summed E-state index contributed by atoms with van der Waals surface area (Å²) < 4.78 is 40.9. The lowest BCUT2D eigenvalue weighted by atomic mass is 10.1. The van der Waals surface area contributed by atoms with E-state index in [9.17, 15) is 13.2 Å². The number of rotatable bonds is 3. The maximum Gasteiger partial charge on any atom is 0.417 e. The van der Waals surface area contributed by atoms with Gasteiger partial charge in [-0.25, -0.2) is 0 Å². The monoisotopic (exact) mass is 365 g/mol. The molecular formula is C16H18F3N7. The van der Waals surface area contributed by atoms with Crippen molar-refractivity contribution in [2.75, 3.05) is 33.2 Å². The molecule has 26 heavy (non-hydrogen) atoms. The van der Waals surface area contributed by atoms with Crippen molar-refractivity contribution in [2.24, 2.45) is 0 Å². The largest absolute Gasteiger partial charge is 0.417 e. The number of likely N-dealkylation sites (N-methyl/N-ethyl adjacent to an activating group) is 1. The number of aromatic nitrogens is 4. The molecule has 0 atom stereocenters. The van der Waals surface area contributed by atoms with Crippen LogP contribution in [0.4, 0.5) is 13.2 Å². The van der Waals surface area contributed by atoms with Gasteiger partial charge in [0.1, 0.15) is 0 Å². The molecule has 0 amide bonds. The van der Waals surface area contributed by atoms with Crippen LogP contribution in [0.15, 0.2) is 18.2 Å². The van der Waals surface area contributed by atoms with Crippen LogP contribution in [-0.4, -0.2) is 63.2 Å². The van der Waals surface area contributed by atoms with E-state index in [2.05, 4.69) is 32.4 Å². The molecule has 10 heteroatoms. The van der Waals surface area contributed by atoms with Crippen LogP contribution >= 0.6 is 0 Å². The van der Waals surface area contributed by atoms with Gasteiger partial charge >= 0.3 is 6.18 Å².